The van der Waals surface area contributed by atoms with E-state index in [0.29, 0.717) is 12.1 Å². The molecule has 1 fully saturated rings. The number of fused-ring (bicyclic) bond motifs is 1. The van der Waals surface area contributed by atoms with E-state index < -0.39 is 17.3 Å². The van der Waals surface area contributed by atoms with Gasteiger partial charge in [0.05, 0.1) is 0 Å². The number of ketones is 1. The van der Waals surface area contributed by atoms with Crippen LogP contribution in [0.25, 0.3) is 0 Å². The van der Waals surface area contributed by atoms with E-state index in [0.717, 1.165) is 42.4 Å². The predicted octanol–water partition coefficient (Wildman–Crippen LogP) is 3.98. The molecule has 2 N–H and O–H groups in total. The fourth-order valence-corrected chi connectivity index (χ4v) is 4.51. The van der Waals surface area contributed by atoms with Crippen molar-refractivity contribution in [2.24, 2.45) is 5.41 Å². The van der Waals surface area contributed by atoms with Gasteiger partial charge in [-0.2, -0.15) is 0 Å². The monoisotopic (exact) mass is 373 g/mol. The van der Waals surface area contributed by atoms with Crippen molar-refractivity contribution in [2.75, 3.05) is 6.54 Å². The molecule has 0 unspecified atom stereocenters. The van der Waals surface area contributed by atoms with Crippen molar-refractivity contribution in [3.05, 3.63) is 33.9 Å². The van der Waals surface area contributed by atoms with E-state index in [2.05, 4.69) is 12.2 Å². The highest BCUT2D eigenvalue weighted by Gasteiger charge is 2.64. The van der Waals surface area contributed by atoms with Gasteiger partial charge in [-0.3, -0.25) is 4.79 Å². The molecular formula is C22H31NO4. The first-order valence-electron chi connectivity index (χ1n) is 9.78. The van der Waals surface area contributed by atoms with E-state index in [1.807, 2.05) is 33.8 Å². The van der Waals surface area contributed by atoms with Gasteiger partial charge in [0.2, 0.25) is 0 Å². The minimum Gasteiger partial charge on any atom is -0.444 e. The maximum absolute atomic E-state index is 12.9. The molecule has 5 heteroatoms. The summed E-state index contributed by atoms with van der Waals surface area (Å²) in [5.74, 6) is -0.151. The summed E-state index contributed by atoms with van der Waals surface area (Å²) < 4.78 is 5.25. The van der Waals surface area contributed by atoms with E-state index >= 15 is 0 Å². The highest BCUT2D eigenvalue weighted by atomic mass is 16.6. The Morgan fingerprint density at radius 1 is 1.30 bits per heavy atom. The molecule has 148 valence electrons. The molecule has 0 aromatic rings. The third-order valence-electron chi connectivity index (χ3n) is 6.14. The molecule has 3 aliphatic carbocycles. The number of nitrogens with one attached hydrogen (secondary N) is 1. The van der Waals surface area contributed by atoms with E-state index in [1.54, 1.807) is 6.92 Å². The average molecular weight is 373 g/mol. The summed E-state index contributed by atoms with van der Waals surface area (Å²) in [7, 11) is 0. The third-order valence-corrected chi connectivity index (χ3v) is 6.14. The number of carbonyl (C=O) groups is 2. The lowest BCUT2D eigenvalue weighted by Gasteiger charge is -2.39. The second-order valence-corrected chi connectivity index (χ2v) is 9.24. The number of aliphatic hydroxyl groups is 1. The normalized spacial score (nSPS) is 26.3. The van der Waals surface area contributed by atoms with Crippen LogP contribution in [-0.2, 0) is 9.53 Å². The van der Waals surface area contributed by atoms with Gasteiger partial charge in [-0.05, 0) is 90.0 Å². The lowest BCUT2D eigenvalue weighted by Crippen LogP contribution is -2.49. The highest BCUT2D eigenvalue weighted by molar-refractivity contribution is 6.10. The van der Waals surface area contributed by atoms with Crippen LogP contribution in [0.3, 0.4) is 0 Å². The molecule has 0 aliphatic heterocycles. The minimum atomic E-state index is -1.31. The van der Waals surface area contributed by atoms with Crippen molar-refractivity contribution >= 4 is 11.9 Å². The summed E-state index contributed by atoms with van der Waals surface area (Å²) in [6.45, 7) is 11.8. The van der Waals surface area contributed by atoms with Gasteiger partial charge in [0.1, 0.15) is 11.2 Å². The summed E-state index contributed by atoms with van der Waals surface area (Å²) in [4.78, 5) is 24.7. The molecule has 0 bridgehead atoms. The van der Waals surface area contributed by atoms with Crippen LogP contribution in [0.1, 0.15) is 67.2 Å². The van der Waals surface area contributed by atoms with Crippen molar-refractivity contribution in [2.45, 2.75) is 78.4 Å². The number of hydrogen-bond acceptors (Lipinski definition) is 4. The van der Waals surface area contributed by atoms with Crippen LogP contribution in [0, 0.1) is 5.41 Å². The lowest BCUT2D eigenvalue weighted by molar-refractivity contribution is -0.137. The standard InChI is InChI=1S/C22H31NO4/c1-13-12-16-17(14(2)22(9-10-22)21(6,26)18(16)24)15(13)8-7-11-23-19(25)27-20(3,4)5/h12,26H,7-11H2,1-6H3,(H,23,25)/t21-/m0/s1. The Labute approximate surface area is 161 Å². The smallest absolute Gasteiger partial charge is 0.407 e. The first kappa shape index (κ1) is 19.9. The Morgan fingerprint density at radius 2 is 1.93 bits per heavy atom. The zero-order valence-corrected chi connectivity index (χ0v) is 17.3. The van der Waals surface area contributed by atoms with E-state index in [9.17, 15) is 14.7 Å². The first-order chi connectivity index (χ1) is 12.4. The molecule has 0 saturated heterocycles. The number of allylic oxidation sites excluding steroid dienone is 4. The van der Waals surface area contributed by atoms with Crippen LogP contribution in [0.4, 0.5) is 4.79 Å². The van der Waals surface area contributed by atoms with Gasteiger partial charge in [0.25, 0.3) is 0 Å². The van der Waals surface area contributed by atoms with Crippen LogP contribution in [-0.4, -0.2) is 34.7 Å². The molecule has 1 atom stereocenters. The number of ether oxygens (including phenoxy) is 1. The molecule has 27 heavy (non-hydrogen) atoms. The molecule has 0 heterocycles. The maximum atomic E-state index is 12.9. The Kier molecular flexibility index (Phi) is 4.66. The van der Waals surface area contributed by atoms with Crippen LogP contribution in [0.15, 0.2) is 33.9 Å². The summed E-state index contributed by atoms with van der Waals surface area (Å²) in [6.07, 6.45) is 4.78. The average Bonchev–Trinajstić information content (AvgIpc) is 3.28. The van der Waals surface area contributed by atoms with Gasteiger partial charge >= 0.3 is 6.09 Å². The number of carbonyl (C=O) groups excluding carboxylic acids is 2. The van der Waals surface area contributed by atoms with E-state index in [-0.39, 0.29) is 11.2 Å². The van der Waals surface area contributed by atoms with Gasteiger partial charge in [-0.15, -0.1) is 0 Å². The fourth-order valence-electron chi connectivity index (χ4n) is 4.51. The lowest BCUT2D eigenvalue weighted by atomic mass is 9.67. The molecule has 5 nitrogen and oxygen atoms in total. The molecule has 3 rings (SSSR count). The number of alkyl carbamates (subject to hydrolysis) is 1. The molecular weight excluding hydrogens is 342 g/mol. The summed E-state index contributed by atoms with van der Waals surface area (Å²) in [5.41, 5.74) is 2.89. The van der Waals surface area contributed by atoms with Gasteiger partial charge < -0.3 is 15.2 Å². The largest absolute Gasteiger partial charge is 0.444 e. The third kappa shape index (κ3) is 3.27. The highest BCUT2D eigenvalue weighted by Crippen LogP contribution is 2.65. The zero-order valence-electron chi connectivity index (χ0n) is 17.3. The molecule has 3 aliphatic rings. The Balaban J connectivity index is 1.69. The van der Waals surface area contributed by atoms with Gasteiger partial charge in [0.15, 0.2) is 5.78 Å². The molecule has 1 saturated carbocycles. The maximum Gasteiger partial charge on any atom is 0.407 e. The predicted molar refractivity (Wildman–Crippen MR) is 104 cm³/mol. The number of hydrogen-bond donors (Lipinski definition) is 2. The van der Waals surface area contributed by atoms with Crippen LogP contribution >= 0.6 is 0 Å². The van der Waals surface area contributed by atoms with E-state index in [1.165, 1.54) is 5.57 Å². The van der Waals surface area contributed by atoms with Crippen LogP contribution in [0.5, 0.6) is 0 Å². The Bertz CT molecular complexity index is 786. The summed E-state index contributed by atoms with van der Waals surface area (Å²) >= 11 is 0. The van der Waals surface area contributed by atoms with Gasteiger partial charge in [-0.25, -0.2) is 4.79 Å². The Morgan fingerprint density at radius 3 is 2.48 bits per heavy atom. The van der Waals surface area contributed by atoms with Crippen LogP contribution in [0.2, 0.25) is 0 Å². The second kappa shape index (κ2) is 6.33. The van der Waals surface area contributed by atoms with Crippen molar-refractivity contribution in [3.8, 4) is 0 Å². The second-order valence-electron chi connectivity index (χ2n) is 9.24. The summed E-state index contributed by atoms with van der Waals surface area (Å²) in [5, 5.41) is 13.7. The van der Waals surface area contributed by atoms with E-state index in [4.69, 9.17) is 4.74 Å². The molecule has 0 aromatic carbocycles. The topological polar surface area (TPSA) is 75.6 Å². The summed E-state index contributed by atoms with van der Waals surface area (Å²) in [6, 6.07) is 0. The molecule has 1 amide bonds. The molecule has 1 spiro atoms. The van der Waals surface area contributed by atoms with Gasteiger partial charge in [-0.1, -0.05) is 5.57 Å². The molecule has 0 radical (unpaired) electrons. The van der Waals surface area contributed by atoms with Crippen molar-refractivity contribution in [1.82, 2.24) is 5.32 Å². The van der Waals surface area contributed by atoms with Crippen molar-refractivity contribution < 1.29 is 19.4 Å². The fraction of sp³-hybridized carbons (Fsp3) is 0.636. The van der Waals surface area contributed by atoms with Crippen molar-refractivity contribution in [1.29, 1.82) is 0 Å². The molecule has 0 aromatic heterocycles. The first-order valence-corrected chi connectivity index (χ1v) is 9.78. The zero-order chi connectivity index (χ0) is 20.2. The van der Waals surface area contributed by atoms with Gasteiger partial charge in [0, 0.05) is 17.5 Å². The number of rotatable bonds is 4. The van der Waals surface area contributed by atoms with Crippen molar-refractivity contribution in [3.63, 3.8) is 0 Å². The quantitative estimate of drug-likeness (QED) is 0.731. The minimum absolute atomic E-state index is 0.151. The number of Topliss-reactive ketones (excluding diaryl/α,β-unsaturated/α-hetero) is 1. The van der Waals surface area contributed by atoms with Crippen LogP contribution < -0.4 is 5.32 Å². The SMILES string of the molecule is CC1=C(CCCNC(=O)OC(C)(C)C)C2=C(C)C3(CC3)[C@@](C)(O)C(=O)C2=C1. The number of amides is 1. The Hall–Kier alpha value is -1.88.